The Morgan fingerprint density at radius 1 is 1.15 bits per heavy atom. The Hall–Kier alpha value is -0.390. The third-order valence-corrected chi connectivity index (χ3v) is 1.20. The molecule has 0 aliphatic carbocycles. The van der Waals surface area contributed by atoms with Crippen molar-refractivity contribution in [3.05, 3.63) is 0 Å². The van der Waals surface area contributed by atoms with Crippen molar-refractivity contribution in [2.24, 2.45) is 0 Å². The van der Waals surface area contributed by atoms with Gasteiger partial charge in [0.2, 0.25) is 0 Å². The molecule has 0 spiro atoms. The summed E-state index contributed by atoms with van der Waals surface area (Å²) in [6.07, 6.45) is -11.1. The zero-order valence-electron chi connectivity index (χ0n) is 5.44. The van der Waals surface area contributed by atoms with E-state index in [0.717, 1.165) is 0 Å². The molecule has 0 heterocycles. The average Bonchev–Trinajstić information content (AvgIpc) is 1.77. The largest absolute Gasteiger partial charge is 0.758 e. The topological polar surface area (TPSA) is 55.4 Å². The van der Waals surface area contributed by atoms with E-state index in [2.05, 4.69) is 0 Å². The summed E-state index contributed by atoms with van der Waals surface area (Å²) >= 11 is -4.09. The van der Waals surface area contributed by atoms with Crippen molar-refractivity contribution in [1.82, 2.24) is 9.84 Å². The van der Waals surface area contributed by atoms with Crippen LogP contribution >= 0.6 is 0 Å². The second kappa shape index (κ2) is 3.77. The number of rotatable bonds is 2. The molecule has 11 heteroatoms. The SMILES string of the molecule is O=S([O-])N(NC(F)(F)F)C(F)(F)F. The van der Waals surface area contributed by atoms with E-state index in [1.165, 1.54) is 0 Å². The van der Waals surface area contributed by atoms with Crippen molar-refractivity contribution in [2.45, 2.75) is 12.6 Å². The number of hydrazine groups is 1. The van der Waals surface area contributed by atoms with Gasteiger partial charge in [0.05, 0.1) is 0 Å². The fraction of sp³-hybridized carbons (Fsp3) is 1.00. The standard InChI is InChI=1S/C2H2F6N2O2S/c3-1(4,5)9-10(13(11)12)2(6,7)8/h9H,(H,11,12)/p-1. The molecule has 0 rings (SSSR count). The third-order valence-electron chi connectivity index (χ3n) is 0.608. The first-order valence-corrected chi connectivity index (χ1v) is 3.38. The molecule has 0 saturated carbocycles. The molecule has 1 N–H and O–H groups in total. The van der Waals surface area contributed by atoms with Crippen LogP contribution in [0, 0.1) is 0 Å². The Bertz CT molecular complexity index is 200. The van der Waals surface area contributed by atoms with Gasteiger partial charge in [-0.25, -0.2) is 0 Å². The lowest BCUT2D eigenvalue weighted by atomic mass is 11.1. The molecule has 0 aliphatic rings. The van der Waals surface area contributed by atoms with Crippen LogP contribution in [0.4, 0.5) is 26.3 Å². The summed E-state index contributed by atoms with van der Waals surface area (Å²) in [5, 5.41) is 0. The molecule has 0 fully saturated rings. The Balaban J connectivity index is 4.56. The molecule has 80 valence electrons. The minimum Gasteiger partial charge on any atom is -0.758 e. The minimum atomic E-state index is -5.66. The number of hydrogen-bond donors (Lipinski definition) is 1. The summed E-state index contributed by atoms with van der Waals surface area (Å²) in [6.45, 7) is 0. The van der Waals surface area contributed by atoms with Crippen molar-refractivity contribution < 1.29 is 35.1 Å². The average molecular weight is 231 g/mol. The second-order valence-electron chi connectivity index (χ2n) is 1.59. The highest BCUT2D eigenvalue weighted by Gasteiger charge is 2.45. The number of alkyl halides is 6. The van der Waals surface area contributed by atoms with Gasteiger partial charge >= 0.3 is 12.6 Å². The van der Waals surface area contributed by atoms with Gasteiger partial charge < -0.3 is 4.55 Å². The molecule has 0 aliphatic heterocycles. The third kappa shape index (κ3) is 5.02. The van der Waals surface area contributed by atoms with Gasteiger partial charge in [0.25, 0.3) is 0 Å². The molecule has 0 aromatic carbocycles. The van der Waals surface area contributed by atoms with E-state index in [-0.39, 0.29) is 5.43 Å². The van der Waals surface area contributed by atoms with Gasteiger partial charge in [-0.15, -0.1) is 5.43 Å². The Kier molecular flexibility index (Phi) is 3.66. The molecule has 1 atom stereocenters. The normalized spacial score (nSPS) is 16.3. The van der Waals surface area contributed by atoms with Gasteiger partial charge in [0, 0.05) is 11.3 Å². The second-order valence-corrected chi connectivity index (χ2v) is 2.39. The van der Waals surface area contributed by atoms with E-state index >= 15 is 0 Å². The predicted molar refractivity (Wildman–Crippen MR) is 26.0 cm³/mol. The summed E-state index contributed by atoms with van der Waals surface area (Å²) in [7, 11) is 0. The van der Waals surface area contributed by atoms with Crippen molar-refractivity contribution in [2.75, 3.05) is 0 Å². The van der Waals surface area contributed by atoms with Crippen molar-refractivity contribution >= 4 is 11.3 Å². The zero-order chi connectivity index (χ0) is 10.9. The molecule has 4 nitrogen and oxygen atoms in total. The van der Waals surface area contributed by atoms with E-state index in [1.807, 2.05) is 0 Å². The van der Waals surface area contributed by atoms with Crippen LogP contribution in [-0.2, 0) is 11.3 Å². The molecular formula is C2HF6N2O2S-. The van der Waals surface area contributed by atoms with Crippen LogP contribution in [0.2, 0.25) is 0 Å². The first kappa shape index (κ1) is 12.6. The van der Waals surface area contributed by atoms with Gasteiger partial charge in [-0.2, -0.15) is 26.3 Å². The smallest absolute Gasteiger partial charge is 0.484 e. The quantitative estimate of drug-likeness (QED) is 0.328. The van der Waals surface area contributed by atoms with Gasteiger partial charge in [0.1, 0.15) is 0 Å². The Morgan fingerprint density at radius 3 is 1.62 bits per heavy atom. The number of nitrogens with one attached hydrogen (secondary N) is 1. The fourth-order valence-corrected chi connectivity index (χ4v) is 0.647. The summed E-state index contributed by atoms with van der Waals surface area (Å²) in [5.41, 5.74) is -0.209. The van der Waals surface area contributed by atoms with E-state index < -0.39 is 28.3 Å². The molecule has 13 heavy (non-hydrogen) atoms. The van der Waals surface area contributed by atoms with Gasteiger partial charge in [-0.05, 0) is 0 Å². The number of halogens is 6. The Labute approximate surface area is 69.9 Å². The van der Waals surface area contributed by atoms with E-state index in [9.17, 15) is 35.1 Å². The monoisotopic (exact) mass is 231 g/mol. The maximum Gasteiger partial charge on any atom is 0.484 e. The molecule has 0 aromatic heterocycles. The van der Waals surface area contributed by atoms with Gasteiger partial charge in [-0.3, -0.25) is 4.21 Å². The van der Waals surface area contributed by atoms with E-state index in [1.54, 1.807) is 0 Å². The molecule has 0 bridgehead atoms. The maximum atomic E-state index is 11.5. The van der Waals surface area contributed by atoms with E-state index in [4.69, 9.17) is 0 Å². The summed E-state index contributed by atoms with van der Waals surface area (Å²) in [6, 6.07) is 0. The van der Waals surface area contributed by atoms with Crippen LogP contribution in [0.25, 0.3) is 0 Å². The number of nitrogens with zero attached hydrogens (tertiary/aromatic N) is 1. The predicted octanol–water partition coefficient (Wildman–Crippen LogP) is 0.627. The molecule has 0 saturated heterocycles. The highest BCUT2D eigenvalue weighted by Crippen LogP contribution is 2.23. The zero-order valence-corrected chi connectivity index (χ0v) is 6.26. The van der Waals surface area contributed by atoms with Crippen LogP contribution in [0.5, 0.6) is 0 Å². The first-order chi connectivity index (χ1) is 5.54. The summed E-state index contributed by atoms with van der Waals surface area (Å²) in [4.78, 5) is 0. The van der Waals surface area contributed by atoms with E-state index in [0.29, 0.717) is 0 Å². The van der Waals surface area contributed by atoms with Crippen molar-refractivity contribution in [3.8, 4) is 0 Å². The van der Waals surface area contributed by atoms with Crippen LogP contribution < -0.4 is 5.43 Å². The van der Waals surface area contributed by atoms with Gasteiger partial charge in [0.15, 0.2) is 0 Å². The summed E-state index contributed by atoms with van der Waals surface area (Å²) in [5.74, 6) is 0. The van der Waals surface area contributed by atoms with Crippen LogP contribution in [-0.4, -0.2) is 25.8 Å². The highest BCUT2D eigenvalue weighted by molar-refractivity contribution is 7.76. The lowest BCUT2D eigenvalue weighted by molar-refractivity contribution is -0.279. The van der Waals surface area contributed by atoms with Crippen LogP contribution in [0.15, 0.2) is 0 Å². The summed E-state index contributed by atoms with van der Waals surface area (Å²) < 4.78 is 85.7. The maximum absolute atomic E-state index is 11.5. The van der Waals surface area contributed by atoms with Gasteiger partial charge in [-0.1, -0.05) is 4.41 Å². The lowest BCUT2D eigenvalue weighted by Crippen LogP contribution is -2.54. The first-order valence-electron chi connectivity index (χ1n) is 2.35. The number of hydrogen-bond acceptors (Lipinski definition) is 3. The minimum absolute atomic E-state index is 0.209. The van der Waals surface area contributed by atoms with Crippen LogP contribution in [0.3, 0.4) is 0 Å². The van der Waals surface area contributed by atoms with Crippen molar-refractivity contribution in [3.63, 3.8) is 0 Å². The Morgan fingerprint density at radius 2 is 1.54 bits per heavy atom. The van der Waals surface area contributed by atoms with Crippen molar-refractivity contribution in [1.29, 1.82) is 0 Å². The van der Waals surface area contributed by atoms with Crippen LogP contribution in [0.1, 0.15) is 0 Å². The fourth-order valence-electron chi connectivity index (χ4n) is 0.300. The molecular weight excluding hydrogens is 230 g/mol. The lowest BCUT2D eigenvalue weighted by Gasteiger charge is -2.27. The molecule has 1 unspecified atom stereocenters. The highest BCUT2D eigenvalue weighted by atomic mass is 32.2. The molecule has 0 amide bonds. The molecule has 0 aromatic rings. The molecule has 0 radical (unpaired) electrons.